The molecule has 0 amide bonds. The maximum Gasteiger partial charge on any atom is 0.115 e. The van der Waals surface area contributed by atoms with Crippen molar-refractivity contribution < 1.29 is 4.39 Å². The highest BCUT2D eigenvalue weighted by molar-refractivity contribution is 5.81. The summed E-state index contributed by atoms with van der Waals surface area (Å²) < 4.78 is 11.9. The number of hydrogen-bond donors (Lipinski definition) is 0. The fourth-order valence-electron chi connectivity index (χ4n) is 0.288. The van der Waals surface area contributed by atoms with Crippen molar-refractivity contribution >= 4 is 6.21 Å². The first-order valence-corrected chi connectivity index (χ1v) is 2.83. The predicted octanol–water partition coefficient (Wildman–Crippen LogP) is 2.63. The van der Waals surface area contributed by atoms with Gasteiger partial charge in [-0.2, -0.15) is 0 Å². The third-order valence-corrected chi connectivity index (χ3v) is 0.755. The van der Waals surface area contributed by atoms with Gasteiger partial charge in [-0.1, -0.05) is 19.2 Å². The van der Waals surface area contributed by atoms with Gasteiger partial charge in [0.2, 0.25) is 0 Å². The molecule has 0 N–H and O–H groups in total. The van der Waals surface area contributed by atoms with E-state index in [2.05, 4.69) is 18.2 Å². The standard InChI is InChI=1S/C8H10FN/c1-4-7(2)5-10-6-8(3)9/h4-6H,1-2H2,3H3/b8-6+,10-5?. The van der Waals surface area contributed by atoms with Crippen LogP contribution in [-0.2, 0) is 0 Å². The number of halogens is 1. The Morgan fingerprint density at radius 2 is 2.20 bits per heavy atom. The summed E-state index contributed by atoms with van der Waals surface area (Å²) in [4.78, 5) is 3.61. The van der Waals surface area contributed by atoms with Crippen LogP contribution in [0.15, 0.2) is 41.8 Å². The van der Waals surface area contributed by atoms with Crippen LogP contribution in [0.5, 0.6) is 0 Å². The molecule has 0 aliphatic carbocycles. The van der Waals surface area contributed by atoms with Gasteiger partial charge in [-0.15, -0.1) is 0 Å². The van der Waals surface area contributed by atoms with Crippen LogP contribution in [0.1, 0.15) is 6.92 Å². The van der Waals surface area contributed by atoms with E-state index < -0.39 is 0 Å². The van der Waals surface area contributed by atoms with Crippen LogP contribution in [0.4, 0.5) is 4.39 Å². The number of aliphatic imine (C=N–C) groups is 1. The van der Waals surface area contributed by atoms with Gasteiger partial charge in [0.05, 0.1) is 6.20 Å². The Morgan fingerprint density at radius 3 is 2.60 bits per heavy atom. The number of hydrogen-bond acceptors (Lipinski definition) is 1. The Kier molecular flexibility index (Phi) is 4.12. The highest BCUT2D eigenvalue weighted by Crippen LogP contribution is 1.92. The van der Waals surface area contributed by atoms with Crippen molar-refractivity contribution in [2.24, 2.45) is 4.99 Å². The Bertz CT molecular complexity index is 185. The van der Waals surface area contributed by atoms with E-state index in [9.17, 15) is 4.39 Å². The second-order valence-electron chi connectivity index (χ2n) is 1.77. The molecule has 2 heteroatoms. The quantitative estimate of drug-likeness (QED) is 0.421. The summed E-state index contributed by atoms with van der Waals surface area (Å²) in [5, 5.41) is 0. The highest BCUT2D eigenvalue weighted by atomic mass is 19.1. The molecule has 0 bridgehead atoms. The van der Waals surface area contributed by atoms with Crippen molar-refractivity contribution in [2.45, 2.75) is 6.92 Å². The Balaban J connectivity index is 3.89. The van der Waals surface area contributed by atoms with Crippen LogP contribution in [0.2, 0.25) is 0 Å². The van der Waals surface area contributed by atoms with Crippen molar-refractivity contribution in [2.75, 3.05) is 0 Å². The zero-order valence-electron chi connectivity index (χ0n) is 5.97. The molecule has 10 heavy (non-hydrogen) atoms. The van der Waals surface area contributed by atoms with Crippen LogP contribution >= 0.6 is 0 Å². The fourth-order valence-corrected chi connectivity index (χ4v) is 0.288. The molecule has 0 fully saturated rings. The first-order valence-electron chi connectivity index (χ1n) is 2.83. The molecule has 0 rings (SSSR count). The molecular weight excluding hydrogens is 129 g/mol. The van der Waals surface area contributed by atoms with E-state index in [4.69, 9.17) is 0 Å². The van der Waals surface area contributed by atoms with Gasteiger partial charge >= 0.3 is 0 Å². The van der Waals surface area contributed by atoms with E-state index in [1.54, 1.807) is 6.08 Å². The van der Waals surface area contributed by atoms with Gasteiger partial charge in [0.25, 0.3) is 0 Å². The van der Waals surface area contributed by atoms with Crippen LogP contribution in [-0.4, -0.2) is 6.21 Å². The van der Waals surface area contributed by atoms with E-state index in [-0.39, 0.29) is 5.83 Å². The van der Waals surface area contributed by atoms with Crippen LogP contribution < -0.4 is 0 Å². The average Bonchev–Trinajstić information content (AvgIpc) is 1.87. The van der Waals surface area contributed by atoms with Crippen molar-refractivity contribution in [3.8, 4) is 0 Å². The lowest BCUT2D eigenvalue weighted by atomic mass is 10.3. The normalized spacial score (nSPS) is 12.0. The second kappa shape index (κ2) is 4.68. The van der Waals surface area contributed by atoms with E-state index in [1.165, 1.54) is 13.1 Å². The first-order chi connectivity index (χ1) is 4.66. The molecule has 0 heterocycles. The maximum atomic E-state index is 11.9. The maximum absolute atomic E-state index is 11.9. The monoisotopic (exact) mass is 139 g/mol. The molecule has 0 aliphatic heterocycles. The van der Waals surface area contributed by atoms with Gasteiger partial charge in [-0.05, 0) is 12.5 Å². The van der Waals surface area contributed by atoms with Gasteiger partial charge in [0, 0.05) is 6.21 Å². The minimum absolute atomic E-state index is 0.326. The van der Waals surface area contributed by atoms with E-state index >= 15 is 0 Å². The lowest BCUT2D eigenvalue weighted by Crippen LogP contribution is -1.72. The average molecular weight is 139 g/mol. The minimum atomic E-state index is -0.326. The lowest BCUT2D eigenvalue weighted by molar-refractivity contribution is 0.637. The highest BCUT2D eigenvalue weighted by Gasteiger charge is 1.77. The molecule has 0 atom stereocenters. The summed E-state index contributed by atoms with van der Waals surface area (Å²) in [5.41, 5.74) is 0.664. The van der Waals surface area contributed by atoms with Crippen molar-refractivity contribution in [1.29, 1.82) is 0 Å². The summed E-state index contributed by atoms with van der Waals surface area (Å²) in [6, 6.07) is 0. The first kappa shape index (κ1) is 8.82. The van der Waals surface area contributed by atoms with Gasteiger partial charge in [0.1, 0.15) is 5.83 Å². The van der Waals surface area contributed by atoms with Crippen molar-refractivity contribution in [3.05, 3.63) is 36.8 Å². The Morgan fingerprint density at radius 1 is 1.60 bits per heavy atom. The summed E-state index contributed by atoms with van der Waals surface area (Å²) in [7, 11) is 0. The molecule has 0 aromatic rings. The van der Waals surface area contributed by atoms with Crippen LogP contribution in [0, 0.1) is 0 Å². The molecule has 0 radical (unpaired) electrons. The zero-order chi connectivity index (χ0) is 7.98. The molecule has 1 nitrogen and oxygen atoms in total. The largest absolute Gasteiger partial charge is 0.261 e. The number of allylic oxidation sites excluding steroid dienone is 3. The third-order valence-electron chi connectivity index (χ3n) is 0.755. The van der Waals surface area contributed by atoms with Crippen LogP contribution in [0.3, 0.4) is 0 Å². The van der Waals surface area contributed by atoms with E-state index in [1.807, 2.05) is 0 Å². The smallest absolute Gasteiger partial charge is 0.115 e. The van der Waals surface area contributed by atoms with Gasteiger partial charge < -0.3 is 0 Å². The number of rotatable bonds is 3. The zero-order valence-corrected chi connectivity index (χ0v) is 5.97. The molecule has 0 spiro atoms. The topological polar surface area (TPSA) is 12.4 Å². The predicted molar refractivity (Wildman–Crippen MR) is 42.7 cm³/mol. The Hall–Kier alpha value is -1.18. The molecule has 0 aromatic carbocycles. The summed E-state index contributed by atoms with van der Waals surface area (Å²) >= 11 is 0. The summed E-state index contributed by atoms with van der Waals surface area (Å²) in [6.07, 6.45) is 4.11. The van der Waals surface area contributed by atoms with Crippen molar-refractivity contribution in [3.63, 3.8) is 0 Å². The molecule has 0 unspecified atom stereocenters. The minimum Gasteiger partial charge on any atom is -0.261 e. The summed E-state index contributed by atoms with van der Waals surface area (Å²) in [6.45, 7) is 8.33. The third kappa shape index (κ3) is 4.97. The van der Waals surface area contributed by atoms with Gasteiger partial charge in [0.15, 0.2) is 0 Å². The molecule has 54 valence electrons. The Labute approximate surface area is 60.3 Å². The van der Waals surface area contributed by atoms with Gasteiger partial charge in [-0.25, -0.2) is 4.39 Å². The summed E-state index contributed by atoms with van der Waals surface area (Å²) in [5.74, 6) is -0.326. The van der Waals surface area contributed by atoms with E-state index in [0.29, 0.717) is 5.57 Å². The molecule has 0 saturated heterocycles. The molecular formula is C8H10FN. The van der Waals surface area contributed by atoms with Crippen molar-refractivity contribution in [1.82, 2.24) is 0 Å². The fraction of sp³-hybridized carbons (Fsp3) is 0.125. The molecule has 0 aromatic heterocycles. The van der Waals surface area contributed by atoms with Crippen LogP contribution in [0.25, 0.3) is 0 Å². The molecule has 0 aliphatic rings. The number of nitrogens with zero attached hydrogens (tertiary/aromatic N) is 1. The SMILES string of the molecule is C=CC(=C)C=N/C=C(\C)F. The second-order valence-corrected chi connectivity index (χ2v) is 1.77. The van der Waals surface area contributed by atoms with E-state index in [0.717, 1.165) is 6.20 Å². The lowest BCUT2D eigenvalue weighted by Gasteiger charge is -1.82. The van der Waals surface area contributed by atoms with Gasteiger partial charge in [-0.3, -0.25) is 4.99 Å². The molecule has 0 saturated carbocycles.